The number of nitrogens with zero attached hydrogens (tertiary/aromatic N) is 2. The maximum absolute atomic E-state index is 14.0. The summed E-state index contributed by atoms with van der Waals surface area (Å²) in [4.78, 5) is 2.38. The molecule has 11 aromatic carbocycles. The van der Waals surface area contributed by atoms with E-state index in [9.17, 15) is 4.39 Å². The molecule has 0 bridgehead atoms. The first-order chi connectivity index (χ1) is 38.1. The smallest absolute Gasteiger partial charge is 0.137 e. The highest BCUT2D eigenvalue weighted by Gasteiger charge is 2.37. The third kappa shape index (κ3) is 6.92. The summed E-state index contributed by atoms with van der Waals surface area (Å²) in [5.74, 6) is -0.246. The van der Waals surface area contributed by atoms with Gasteiger partial charge in [0.2, 0.25) is 0 Å². The fourth-order valence-electron chi connectivity index (χ4n) is 13.0. The number of hydrogen-bond acceptors (Lipinski definition) is 4. The summed E-state index contributed by atoms with van der Waals surface area (Å²) in [6.45, 7) is 9.27. The van der Waals surface area contributed by atoms with Gasteiger partial charge in [0.25, 0.3) is 0 Å². The summed E-state index contributed by atoms with van der Waals surface area (Å²) in [5, 5.41) is 10.4. The molecule has 0 amide bonds. The van der Waals surface area contributed by atoms with Crippen LogP contribution in [-0.4, -0.2) is 4.57 Å². The predicted octanol–water partition coefficient (Wildman–Crippen LogP) is 20.2. The average molecular weight is 1010 g/mol. The summed E-state index contributed by atoms with van der Waals surface area (Å²) >= 11 is 0. The molecule has 0 spiro atoms. The van der Waals surface area contributed by atoms with E-state index in [-0.39, 0.29) is 16.6 Å². The molecule has 0 saturated carbocycles. The van der Waals surface area contributed by atoms with E-state index in [1.807, 2.05) is 48.5 Å². The lowest BCUT2D eigenvalue weighted by molar-refractivity contribution is 0.627. The molecule has 16 rings (SSSR count). The van der Waals surface area contributed by atoms with Gasteiger partial charge in [0.15, 0.2) is 0 Å². The van der Waals surface area contributed by atoms with Crippen molar-refractivity contribution < 1.29 is 13.2 Å². The lowest BCUT2D eigenvalue weighted by atomic mass is 9.82. The number of anilines is 5. The molecule has 0 aliphatic heterocycles. The highest BCUT2D eigenvalue weighted by Crippen LogP contribution is 2.53. The summed E-state index contributed by atoms with van der Waals surface area (Å²) in [6, 6.07) is 82.1. The van der Waals surface area contributed by atoms with E-state index in [2.05, 4.69) is 218 Å². The van der Waals surface area contributed by atoms with Crippen molar-refractivity contribution in [3.8, 4) is 27.9 Å². The van der Waals surface area contributed by atoms with Gasteiger partial charge in [0, 0.05) is 55.1 Å². The molecule has 3 aromatic heterocycles. The van der Waals surface area contributed by atoms with Gasteiger partial charge in [-0.1, -0.05) is 155 Å². The minimum atomic E-state index is -0.246. The molecule has 2 aliphatic carbocycles. The maximum Gasteiger partial charge on any atom is 0.137 e. The van der Waals surface area contributed by atoms with Crippen molar-refractivity contribution in [1.82, 2.24) is 4.57 Å². The van der Waals surface area contributed by atoms with Crippen molar-refractivity contribution in [1.29, 1.82) is 0 Å². The number of rotatable bonds is 6. The van der Waals surface area contributed by atoms with Gasteiger partial charge in [-0.2, -0.15) is 0 Å². The second-order valence-electron chi connectivity index (χ2n) is 21.8. The Labute approximate surface area is 451 Å². The van der Waals surface area contributed by atoms with Crippen LogP contribution in [0.5, 0.6) is 0 Å². The number of nitrogens with one attached hydrogen (secondary N) is 1. The summed E-state index contributed by atoms with van der Waals surface area (Å²) < 4.78 is 28.6. The van der Waals surface area contributed by atoms with Gasteiger partial charge in [0.05, 0.1) is 33.2 Å². The van der Waals surface area contributed by atoms with E-state index in [1.165, 1.54) is 56.6 Å². The Hall–Kier alpha value is -9.65. The molecule has 0 fully saturated rings. The predicted molar refractivity (Wildman–Crippen MR) is 321 cm³/mol. The number of fused-ring (bicyclic) bond motifs is 15. The lowest BCUT2D eigenvalue weighted by Crippen LogP contribution is -2.16. The molecule has 0 saturated heterocycles. The fourth-order valence-corrected chi connectivity index (χ4v) is 13.0. The van der Waals surface area contributed by atoms with Gasteiger partial charge in [-0.3, -0.25) is 0 Å². The highest BCUT2D eigenvalue weighted by atomic mass is 19.1. The van der Waals surface area contributed by atoms with Crippen molar-refractivity contribution >= 4 is 94.1 Å². The second-order valence-corrected chi connectivity index (χ2v) is 21.8. The third-order valence-corrected chi connectivity index (χ3v) is 16.7. The van der Waals surface area contributed by atoms with E-state index < -0.39 is 0 Å². The maximum atomic E-state index is 14.0. The Kier molecular flexibility index (Phi) is 10.1. The Balaban J connectivity index is 0.000000155. The fraction of sp³-hybridized carbons (Fsp3) is 0.0833. The number of furan rings is 2. The van der Waals surface area contributed by atoms with Gasteiger partial charge < -0.3 is 23.6 Å². The first-order valence-electron chi connectivity index (χ1n) is 26.8. The molecular weight excluding hydrogens is 958 g/mol. The average Bonchev–Trinajstić information content (AvgIpc) is 4.43. The SMILES string of the molecule is CC1(C)c2ccccc2-c2ccc(N(c3ccc4c(c3)c3ccccc3n4-c3ccc(F)cc3)c3cccc4oc5ccccc5c34)cc21.CC1(C)c2ccccc2-c2ccc(Nc3cccc4oc5ccccc5c34)cc21. The minimum Gasteiger partial charge on any atom is -0.456 e. The molecule has 3 heterocycles. The van der Waals surface area contributed by atoms with E-state index in [4.69, 9.17) is 8.83 Å². The monoisotopic (exact) mass is 1010 g/mol. The van der Waals surface area contributed by atoms with Crippen LogP contribution in [0.1, 0.15) is 49.9 Å². The van der Waals surface area contributed by atoms with Gasteiger partial charge in [-0.25, -0.2) is 4.39 Å². The van der Waals surface area contributed by atoms with Crippen molar-refractivity contribution in [2.45, 2.75) is 38.5 Å². The number of benzene rings is 11. The van der Waals surface area contributed by atoms with Crippen LogP contribution in [0.4, 0.5) is 32.8 Å². The quantitative estimate of drug-likeness (QED) is 0.180. The Bertz CT molecular complexity index is 4740. The normalized spacial score (nSPS) is 13.7. The van der Waals surface area contributed by atoms with Crippen LogP contribution in [0.25, 0.3) is 93.6 Å². The topological polar surface area (TPSA) is 46.5 Å². The molecule has 0 unspecified atom stereocenters. The molecule has 2 aliphatic rings. The van der Waals surface area contributed by atoms with Gasteiger partial charge in [0.1, 0.15) is 28.1 Å². The van der Waals surface area contributed by atoms with Gasteiger partial charge in [-0.15, -0.1) is 0 Å². The standard InChI is InChI=1S/C45H31FN2O.C27H21NO/c1-45(2)37-13-6-3-10-32(37)33-24-22-31(27-38(33)45)47(41-15-9-17-43-44(41)35-12-5-8-16-42(35)49-43)30-23-25-40-36(26-30)34-11-4-7-14-39(34)48(40)29-20-18-28(46)19-21-29;1-27(2)21-10-5-3-8-18(21)19-15-14-17(16-22(19)27)28-23-11-7-13-25-26(23)20-9-4-6-12-24(20)29-25/h3-27H,1-2H3;3-16,28H,1-2H3. The van der Waals surface area contributed by atoms with Crippen molar-refractivity contribution in [2.24, 2.45) is 0 Å². The molecule has 5 nitrogen and oxygen atoms in total. The van der Waals surface area contributed by atoms with Crippen molar-refractivity contribution in [3.05, 3.63) is 265 Å². The number of hydrogen-bond donors (Lipinski definition) is 1. The molecule has 0 atom stereocenters. The Morgan fingerprint density at radius 2 is 0.910 bits per heavy atom. The van der Waals surface area contributed by atoms with Gasteiger partial charge in [-0.05, 0) is 154 Å². The van der Waals surface area contributed by atoms with Crippen LogP contribution in [0.2, 0.25) is 0 Å². The lowest BCUT2D eigenvalue weighted by Gasteiger charge is -2.29. The van der Waals surface area contributed by atoms with Crippen LogP contribution < -0.4 is 10.2 Å². The summed E-state index contributed by atoms with van der Waals surface area (Å²) in [7, 11) is 0. The number of halogens is 1. The molecule has 1 N–H and O–H groups in total. The number of aromatic nitrogens is 1. The first-order valence-corrected chi connectivity index (χ1v) is 26.8. The molecule has 6 heteroatoms. The van der Waals surface area contributed by atoms with E-state index in [0.717, 1.165) is 99.8 Å². The van der Waals surface area contributed by atoms with E-state index in [0.29, 0.717) is 0 Å². The van der Waals surface area contributed by atoms with Crippen molar-refractivity contribution in [2.75, 3.05) is 10.2 Å². The van der Waals surface area contributed by atoms with Crippen LogP contribution in [-0.2, 0) is 10.8 Å². The van der Waals surface area contributed by atoms with Gasteiger partial charge >= 0.3 is 0 Å². The van der Waals surface area contributed by atoms with E-state index >= 15 is 0 Å². The highest BCUT2D eigenvalue weighted by molar-refractivity contribution is 6.15. The first kappa shape index (κ1) is 45.7. The Morgan fingerprint density at radius 1 is 0.397 bits per heavy atom. The second kappa shape index (κ2) is 17.2. The largest absolute Gasteiger partial charge is 0.456 e. The van der Waals surface area contributed by atoms with Crippen molar-refractivity contribution in [3.63, 3.8) is 0 Å². The van der Waals surface area contributed by atoms with E-state index in [1.54, 1.807) is 0 Å². The molecule has 14 aromatic rings. The zero-order valence-electron chi connectivity index (χ0n) is 43.6. The zero-order valence-corrected chi connectivity index (χ0v) is 43.6. The van der Waals surface area contributed by atoms with Crippen LogP contribution in [0.15, 0.2) is 245 Å². The molecular formula is C72H52FN3O2. The molecule has 78 heavy (non-hydrogen) atoms. The van der Waals surface area contributed by atoms with Crippen LogP contribution >= 0.6 is 0 Å². The Morgan fingerprint density at radius 3 is 1.62 bits per heavy atom. The summed E-state index contributed by atoms with van der Waals surface area (Å²) in [5.41, 5.74) is 22.5. The number of para-hydroxylation sites is 3. The summed E-state index contributed by atoms with van der Waals surface area (Å²) in [6.07, 6.45) is 0. The minimum absolute atomic E-state index is 0.00202. The molecule has 0 radical (unpaired) electrons. The van der Waals surface area contributed by atoms with Crippen LogP contribution in [0.3, 0.4) is 0 Å². The third-order valence-electron chi connectivity index (χ3n) is 16.7. The zero-order chi connectivity index (χ0) is 52.4. The van der Waals surface area contributed by atoms with Crippen LogP contribution in [0, 0.1) is 5.82 Å². The molecule has 374 valence electrons.